The summed E-state index contributed by atoms with van der Waals surface area (Å²) in [6.45, 7) is -0.170. The number of hydrogen-bond donors (Lipinski definition) is 2. The Hall–Kier alpha value is -2.57. The number of carbonyl (C=O) groups excluding carboxylic acids is 1. The molecule has 0 aliphatic carbocycles. The number of carbonyl (C=O) groups is 1. The van der Waals surface area contributed by atoms with Crippen molar-refractivity contribution in [1.29, 1.82) is 0 Å². The van der Waals surface area contributed by atoms with E-state index in [1.165, 1.54) is 0 Å². The molecule has 0 aromatic heterocycles. The van der Waals surface area contributed by atoms with Crippen LogP contribution >= 0.6 is 0 Å². The van der Waals surface area contributed by atoms with E-state index >= 15 is 0 Å². The second-order valence-corrected chi connectivity index (χ2v) is 3.86. The quantitative estimate of drug-likeness (QED) is 0.804. The predicted octanol–water partition coefficient (Wildman–Crippen LogP) is 2.28. The van der Waals surface area contributed by atoms with E-state index in [9.17, 15) is 4.79 Å². The highest BCUT2D eigenvalue weighted by Crippen LogP contribution is 2.09. The summed E-state index contributed by atoms with van der Waals surface area (Å²) < 4.78 is 0. The molecule has 94 valence electrons. The Morgan fingerprint density at radius 2 is 1.74 bits per heavy atom. The second kappa shape index (κ2) is 6.39. The molecular formula is C16H13NO2. The zero-order valence-electron chi connectivity index (χ0n) is 10.3. The molecule has 0 heterocycles. The van der Waals surface area contributed by atoms with Crippen LogP contribution in [0.3, 0.4) is 0 Å². The van der Waals surface area contributed by atoms with Crippen molar-refractivity contribution in [1.82, 2.24) is 0 Å². The summed E-state index contributed by atoms with van der Waals surface area (Å²) in [7, 11) is 0. The van der Waals surface area contributed by atoms with Crippen molar-refractivity contribution < 1.29 is 9.90 Å². The Morgan fingerprint density at radius 1 is 1.05 bits per heavy atom. The fraction of sp³-hybridized carbons (Fsp3) is 0.0625. The van der Waals surface area contributed by atoms with Gasteiger partial charge in [0.1, 0.15) is 6.61 Å². The first kappa shape index (κ1) is 12.9. The largest absolute Gasteiger partial charge is 0.384 e. The third-order valence-electron chi connectivity index (χ3n) is 2.49. The lowest BCUT2D eigenvalue weighted by molar-refractivity contribution is 0.102. The maximum absolute atomic E-state index is 12.0. The highest BCUT2D eigenvalue weighted by molar-refractivity contribution is 6.04. The molecule has 3 nitrogen and oxygen atoms in total. The van der Waals surface area contributed by atoms with Gasteiger partial charge < -0.3 is 10.4 Å². The lowest BCUT2D eigenvalue weighted by Gasteiger charge is -2.04. The van der Waals surface area contributed by atoms with E-state index in [-0.39, 0.29) is 12.5 Å². The van der Waals surface area contributed by atoms with Crippen LogP contribution in [0.15, 0.2) is 54.6 Å². The molecule has 0 aliphatic rings. The van der Waals surface area contributed by atoms with Crippen molar-refractivity contribution in [3.05, 3.63) is 65.7 Å². The summed E-state index contributed by atoms with van der Waals surface area (Å²) in [5.74, 6) is 5.18. The number of aliphatic hydroxyl groups is 1. The minimum Gasteiger partial charge on any atom is -0.384 e. The molecule has 0 radical (unpaired) electrons. The van der Waals surface area contributed by atoms with E-state index in [1.54, 1.807) is 24.3 Å². The van der Waals surface area contributed by atoms with E-state index in [2.05, 4.69) is 17.2 Å². The zero-order chi connectivity index (χ0) is 13.5. The zero-order valence-corrected chi connectivity index (χ0v) is 10.3. The van der Waals surface area contributed by atoms with Crippen LogP contribution in [0.2, 0.25) is 0 Å². The van der Waals surface area contributed by atoms with Crippen molar-refractivity contribution in [2.45, 2.75) is 0 Å². The summed E-state index contributed by atoms with van der Waals surface area (Å²) in [5.41, 5.74) is 2.10. The number of anilines is 1. The molecule has 19 heavy (non-hydrogen) atoms. The maximum atomic E-state index is 12.0. The van der Waals surface area contributed by atoms with E-state index in [0.29, 0.717) is 5.56 Å². The van der Waals surface area contributed by atoms with Crippen LogP contribution in [-0.4, -0.2) is 17.6 Å². The first-order valence-corrected chi connectivity index (χ1v) is 5.86. The first-order valence-electron chi connectivity index (χ1n) is 5.86. The summed E-state index contributed by atoms with van der Waals surface area (Å²) in [5, 5.41) is 11.4. The van der Waals surface area contributed by atoms with Gasteiger partial charge in [-0.2, -0.15) is 0 Å². The minimum absolute atomic E-state index is 0.159. The standard InChI is InChI=1S/C16H13NO2/c18-12-4-5-13-8-10-14(11-9-13)16(19)17-15-6-2-1-3-7-15/h1-3,6-11,18H,12H2,(H,17,19). The molecule has 1 amide bonds. The second-order valence-electron chi connectivity index (χ2n) is 3.86. The summed E-state index contributed by atoms with van der Waals surface area (Å²) in [4.78, 5) is 12.0. The Morgan fingerprint density at radius 3 is 2.37 bits per heavy atom. The fourth-order valence-corrected chi connectivity index (χ4v) is 1.57. The van der Waals surface area contributed by atoms with Crippen molar-refractivity contribution >= 4 is 11.6 Å². The number of rotatable bonds is 2. The van der Waals surface area contributed by atoms with Crippen LogP contribution in [0.25, 0.3) is 0 Å². The van der Waals surface area contributed by atoms with Gasteiger partial charge in [0.15, 0.2) is 0 Å². The molecule has 2 aromatic carbocycles. The molecule has 0 aliphatic heterocycles. The number of benzene rings is 2. The van der Waals surface area contributed by atoms with Crippen molar-refractivity contribution in [2.75, 3.05) is 11.9 Å². The van der Waals surface area contributed by atoms with Crippen LogP contribution in [0, 0.1) is 11.8 Å². The van der Waals surface area contributed by atoms with Crippen molar-refractivity contribution in [3.63, 3.8) is 0 Å². The highest BCUT2D eigenvalue weighted by atomic mass is 16.2. The van der Waals surface area contributed by atoms with Crippen LogP contribution in [0.4, 0.5) is 5.69 Å². The Bertz CT molecular complexity index is 607. The van der Waals surface area contributed by atoms with Crippen LogP contribution < -0.4 is 5.32 Å². The van der Waals surface area contributed by atoms with Gasteiger partial charge in [-0.25, -0.2) is 0 Å². The van der Waals surface area contributed by atoms with Gasteiger partial charge in [0.25, 0.3) is 5.91 Å². The van der Waals surface area contributed by atoms with Gasteiger partial charge >= 0.3 is 0 Å². The molecule has 2 rings (SSSR count). The van der Waals surface area contributed by atoms with Gasteiger partial charge in [0.2, 0.25) is 0 Å². The lowest BCUT2D eigenvalue weighted by Crippen LogP contribution is -2.11. The summed E-state index contributed by atoms with van der Waals surface area (Å²) in [6, 6.07) is 16.2. The molecule has 0 spiro atoms. The van der Waals surface area contributed by atoms with Gasteiger partial charge in [0, 0.05) is 16.8 Å². The topological polar surface area (TPSA) is 49.3 Å². The number of amides is 1. The SMILES string of the molecule is O=C(Nc1ccccc1)c1ccc(C#CCO)cc1. The molecule has 2 aromatic rings. The Kier molecular flexibility index (Phi) is 4.33. The van der Waals surface area contributed by atoms with E-state index in [4.69, 9.17) is 5.11 Å². The monoisotopic (exact) mass is 251 g/mol. The summed E-state index contributed by atoms with van der Waals surface area (Å²) >= 11 is 0. The Balaban J connectivity index is 2.08. The normalized spacial score (nSPS) is 9.32. The van der Waals surface area contributed by atoms with Gasteiger partial charge in [-0.15, -0.1) is 0 Å². The third-order valence-corrected chi connectivity index (χ3v) is 2.49. The predicted molar refractivity (Wildman–Crippen MR) is 74.8 cm³/mol. The molecule has 0 atom stereocenters. The minimum atomic E-state index is -0.170. The van der Waals surface area contributed by atoms with Crippen molar-refractivity contribution in [3.8, 4) is 11.8 Å². The summed E-state index contributed by atoms with van der Waals surface area (Å²) in [6.07, 6.45) is 0. The third kappa shape index (κ3) is 3.70. The van der Waals surface area contributed by atoms with Crippen molar-refractivity contribution in [2.24, 2.45) is 0 Å². The lowest BCUT2D eigenvalue weighted by atomic mass is 10.1. The van der Waals surface area contributed by atoms with E-state index in [0.717, 1.165) is 11.3 Å². The molecule has 0 bridgehead atoms. The molecule has 0 saturated heterocycles. The first-order chi connectivity index (χ1) is 9.29. The van der Waals surface area contributed by atoms with Gasteiger partial charge in [-0.05, 0) is 36.4 Å². The van der Waals surface area contributed by atoms with Crippen LogP contribution in [0.1, 0.15) is 15.9 Å². The number of aliphatic hydroxyl groups excluding tert-OH is 1. The van der Waals surface area contributed by atoms with E-state index < -0.39 is 0 Å². The number of nitrogens with one attached hydrogen (secondary N) is 1. The number of hydrogen-bond acceptors (Lipinski definition) is 2. The Labute approximate surface area is 111 Å². The van der Waals surface area contributed by atoms with Crippen LogP contribution in [0.5, 0.6) is 0 Å². The van der Waals surface area contributed by atoms with Gasteiger partial charge in [0.05, 0.1) is 0 Å². The maximum Gasteiger partial charge on any atom is 0.255 e. The molecule has 0 saturated carbocycles. The average Bonchev–Trinajstić information content (AvgIpc) is 2.46. The molecule has 2 N–H and O–H groups in total. The fourth-order valence-electron chi connectivity index (χ4n) is 1.57. The van der Waals surface area contributed by atoms with E-state index in [1.807, 2.05) is 30.3 Å². The molecule has 3 heteroatoms. The van der Waals surface area contributed by atoms with Gasteiger partial charge in [-0.3, -0.25) is 4.79 Å². The molecular weight excluding hydrogens is 238 g/mol. The average molecular weight is 251 g/mol. The molecule has 0 unspecified atom stereocenters. The highest BCUT2D eigenvalue weighted by Gasteiger charge is 2.04. The number of para-hydroxylation sites is 1. The molecule has 0 fully saturated rings. The van der Waals surface area contributed by atoms with Crippen LogP contribution in [-0.2, 0) is 0 Å². The smallest absolute Gasteiger partial charge is 0.255 e. The van der Waals surface area contributed by atoms with Gasteiger partial charge in [-0.1, -0.05) is 30.0 Å².